The third-order valence-electron chi connectivity index (χ3n) is 4.08. The number of benzene rings is 3. The molecule has 3 aromatic carbocycles. The highest BCUT2D eigenvalue weighted by molar-refractivity contribution is 7.92. The molecule has 0 radical (unpaired) electrons. The number of ether oxygens (including phenoxy) is 1. The zero-order valence-electron chi connectivity index (χ0n) is 16.7. The molecular weight excluding hydrogens is 419 g/mol. The van der Waals surface area contributed by atoms with E-state index < -0.39 is 21.7 Å². The second-order valence-corrected chi connectivity index (χ2v) is 8.48. The SMILES string of the molecule is CS(=O)(=O)Nc1cc(NC(=O)C=Cc2ccc(OCc3ccccc3)cc2)ccc1F. The van der Waals surface area contributed by atoms with E-state index in [4.69, 9.17) is 4.74 Å². The predicted molar refractivity (Wildman–Crippen MR) is 120 cm³/mol. The van der Waals surface area contributed by atoms with Gasteiger partial charge in [0.15, 0.2) is 0 Å². The summed E-state index contributed by atoms with van der Waals surface area (Å²) >= 11 is 0. The molecule has 0 fully saturated rings. The Bertz CT molecular complexity index is 1180. The van der Waals surface area contributed by atoms with E-state index in [1.165, 1.54) is 18.2 Å². The normalized spacial score (nSPS) is 11.3. The van der Waals surface area contributed by atoms with Crippen molar-refractivity contribution in [3.63, 3.8) is 0 Å². The Labute approximate surface area is 180 Å². The fourth-order valence-electron chi connectivity index (χ4n) is 2.65. The van der Waals surface area contributed by atoms with Crippen molar-refractivity contribution >= 4 is 33.4 Å². The van der Waals surface area contributed by atoms with Gasteiger partial charge in [-0.15, -0.1) is 0 Å². The molecule has 31 heavy (non-hydrogen) atoms. The Hall–Kier alpha value is -3.65. The van der Waals surface area contributed by atoms with Crippen LogP contribution in [-0.2, 0) is 21.4 Å². The van der Waals surface area contributed by atoms with Gasteiger partial charge >= 0.3 is 0 Å². The van der Waals surface area contributed by atoms with E-state index in [0.717, 1.165) is 23.4 Å². The maximum atomic E-state index is 13.7. The van der Waals surface area contributed by atoms with E-state index in [1.54, 1.807) is 6.08 Å². The molecule has 0 aromatic heterocycles. The first-order valence-electron chi connectivity index (χ1n) is 9.32. The summed E-state index contributed by atoms with van der Waals surface area (Å²) in [6.07, 6.45) is 3.86. The van der Waals surface area contributed by atoms with Gasteiger partial charge in [0.05, 0.1) is 11.9 Å². The molecule has 8 heteroatoms. The van der Waals surface area contributed by atoms with Crippen LogP contribution in [0.1, 0.15) is 11.1 Å². The Kier molecular flexibility index (Phi) is 7.04. The van der Waals surface area contributed by atoms with Gasteiger partial charge in [0.2, 0.25) is 15.9 Å². The van der Waals surface area contributed by atoms with Gasteiger partial charge in [-0.3, -0.25) is 9.52 Å². The Balaban J connectivity index is 1.57. The van der Waals surface area contributed by atoms with E-state index in [9.17, 15) is 17.6 Å². The summed E-state index contributed by atoms with van der Waals surface area (Å²) in [4.78, 5) is 12.1. The number of hydrogen-bond acceptors (Lipinski definition) is 4. The molecule has 0 spiro atoms. The van der Waals surface area contributed by atoms with E-state index in [0.29, 0.717) is 12.4 Å². The van der Waals surface area contributed by atoms with Crippen LogP contribution in [0.2, 0.25) is 0 Å². The maximum Gasteiger partial charge on any atom is 0.248 e. The quantitative estimate of drug-likeness (QED) is 0.508. The average molecular weight is 440 g/mol. The minimum Gasteiger partial charge on any atom is -0.489 e. The zero-order chi connectivity index (χ0) is 22.3. The molecule has 0 saturated carbocycles. The second-order valence-electron chi connectivity index (χ2n) is 6.73. The number of carbonyl (C=O) groups is 1. The molecule has 3 aromatic rings. The van der Waals surface area contributed by atoms with Crippen LogP contribution >= 0.6 is 0 Å². The van der Waals surface area contributed by atoms with Crippen molar-refractivity contribution in [3.8, 4) is 5.75 Å². The van der Waals surface area contributed by atoms with Crippen LogP contribution in [0.25, 0.3) is 6.08 Å². The minimum atomic E-state index is -3.64. The van der Waals surface area contributed by atoms with E-state index in [1.807, 2.05) is 54.6 Å². The summed E-state index contributed by atoms with van der Waals surface area (Å²) < 4.78 is 44.1. The molecule has 0 bridgehead atoms. The summed E-state index contributed by atoms with van der Waals surface area (Å²) in [6.45, 7) is 0.465. The molecule has 160 valence electrons. The van der Waals surface area contributed by atoms with Crippen molar-refractivity contribution in [3.05, 3.63) is 95.8 Å². The fraction of sp³-hybridized carbons (Fsp3) is 0.0870. The summed E-state index contributed by atoms with van der Waals surface area (Å²) in [5.41, 5.74) is 1.88. The number of halogens is 1. The predicted octanol–water partition coefficient (Wildman–Crippen LogP) is 4.43. The lowest BCUT2D eigenvalue weighted by atomic mass is 10.2. The number of nitrogens with one attached hydrogen (secondary N) is 2. The van der Waals surface area contributed by atoms with Crippen LogP contribution in [0.5, 0.6) is 5.75 Å². The van der Waals surface area contributed by atoms with Gasteiger partial charge in [-0.2, -0.15) is 0 Å². The van der Waals surface area contributed by atoms with Crippen molar-refractivity contribution in [2.45, 2.75) is 6.61 Å². The smallest absolute Gasteiger partial charge is 0.248 e. The number of hydrogen-bond donors (Lipinski definition) is 2. The van der Waals surface area contributed by atoms with Gasteiger partial charge in [-0.05, 0) is 47.5 Å². The van der Waals surface area contributed by atoms with Crippen molar-refractivity contribution in [2.24, 2.45) is 0 Å². The summed E-state index contributed by atoms with van der Waals surface area (Å²) in [5, 5.41) is 2.56. The van der Waals surface area contributed by atoms with Crippen LogP contribution in [0.3, 0.4) is 0 Å². The van der Waals surface area contributed by atoms with E-state index >= 15 is 0 Å². The Morgan fingerprint density at radius 1 is 1.03 bits per heavy atom. The molecule has 1 amide bonds. The lowest BCUT2D eigenvalue weighted by molar-refractivity contribution is -0.111. The number of carbonyl (C=O) groups excluding carboxylic acids is 1. The average Bonchev–Trinajstić information content (AvgIpc) is 2.74. The molecule has 0 atom stereocenters. The summed E-state index contributed by atoms with van der Waals surface area (Å²) in [7, 11) is -3.64. The van der Waals surface area contributed by atoms with E-state index in [2.05, 4.69) is 10.0 Å². The molecule has 0 saturated heterocycles. The van der Waals surface area contributed by atoms with Crippen molar-refractivity contribution in [1.82, 2.24) is 0 Å². The van der Waals surface area contributed by atoms with Gasteiger partial charge in [-0.25, -0.2) is 12.8 Å². The number of rotatable bonds is 8. The fourth-order valence-corrected chi connectivity index (χ4v) is 3.21. The molecule has 0 unspecified atom stereocenters. The van der Waals surface area contributed by atoms with Crippen molar-refractivity contribution < 1.29 is 22.3 Å². The molecule has 0 aliphatic carbocycles. The van der Waals surface area contributed by atoms with Crippen LogP contribution in [0.4, 0.5) is 15.8 Å². The van der Waals surface area contributed by atoms with Crippen LogP contribution in [-0.4, -0.2) is 20.6 Å². The molecule has 2 N–H and O–H groups in total. The third-order valence-corrected chi connectivity index (χ3v) is 4.68. The first-order valence-corrected chi connectivity index (χ1v) is 11.2. The molecular formula is C23H21FN2O4S. The van der Waals surface area contributed by atoms with Crippen LogP contribution in [0, 0.1) is 5.82 Å². The lowest BCUT2D eigenvalue weighted by Gasteiger charge is -2.08. The second kappa shape index (κ2) is 9.90. The highest BCUT2D eigenvalue weighted by Crippen LogP contribution is 2.21. The van der Waals surface area contributed by atoms with Gasteiger partial charge in [-0.1, -0.05) is 42.5 Å². The molecule has 3 rings (SSSR count). The third kappa shape index (κ3) is 7.27. The highest BCUT2D eigenvalue weighted by atomic mass is 32.2. The van der Waals surface area contributed by atoms with Gasteiger partial charge < -0.3 is 10.1 Å². The number of amides is 1. The summed E-state index contributed by atoms with van der Waals surface area (Å²) in [6, 6.07) is 20.7. The minimum absolute atomic E-state index is 0.240. The Morgan fingerprint density at radius 3 is 2.42 bits per heavy atom. The topological polar surface area (TPSA) is 84.5 Å². The van der Waals surface area contributed by atoms with Crippen molar-refractivity contribution in [2.75, 3.05) is 16.3 Å². The monoisotopic (exact) mass is 440 g/mol. The Morgan fingerprint density at radius 2 is 1.74 bits per heavy atom. The van der Waals surface area contributed by atoms with Gasteiger partial charge in [0.25, 0.3) is 0 Å². The maximum absolute atomic E-state index is 13.7. The van der Waals surface area contributed by atoms with Gasteiger partial charge in [0, 0.05) is 11.8 Å². The molecule has 0 aliphatic heterocycles. The summed E-state index contributed by atoms with van der Waals surface area (Å²) in [5.74, 6) is -0.475. The van der Waals surface area contributed by atoms with E-state index in [-0.39, 0.29) is 11.4 Å². The number of anilines is 2. The molecule has 0 heterocycles. The first kappa shape index (κ1) is 22.0. The first-order chi connectivity index (χ1) is 14.8. The van der Waals surface area contributed by atoms with Gasteiger partial charge in [0.1, 0.15) is 18.2 Å². The number of sulfonamides is 1. The highest BCUT2D eigenvalue weighted by Gasteiger charge is 2.09. The standard InChI is InChI=1S/C23H21FN2O4S/c1-31(28,29)26-22-15-19(10-13-21(22)24)25-23(27)14-9-17-7-11-20(12-8-17)30-16-18-5-3-2-4-6-18/h2-15,26H,16H2,1H3,(H,25,27). The van der Waals surface area contributed by atoms with Crippen LogP contribution < -0.4 is 14.8 Å². The zero-order valence-corrected chi connectivity index (χ0v) is 17.5. The van der Waals surface area contributed by atoms with Crippen LogP contribution in [0.15, 0.2) is 78.9 Å². The van der Waals surface area contributed by atoms with Crippen molar-refractivity contribution in [1.29, 1.82) is 0 Å². The lowest BCUT2D eigenvalue weighted by Crippen LogP contribution is -2.12. The largest absolute Gasteiger partial charge is 0.489 e. The molecule has 0 aliphatic rings. The molecule has 6 nitrogen and oxygen atoms in total.